The van der Waals surface area contributed by atoms with E-state index >= 15 is 0 Å². The van der Waals surface area contributed by atoms with Crippen LogP contribution in [0.2, 0.25) is 0 Å². The lowest BCUT2D eigenvalue weighted by atomic mass is 10.0. The first-order valence-electron chi connectivity index (χ1n) is 15.8. The van der Waals surface area contributed by atoms with E-state index in [-0.39, 0.29) is 52.8 Å². The van der Waals surface area contributed by atoms with Crippen molar-refractivity contribution in [3.05, 3.63) is 84.4 Å². The summed E-state index contributed by atoms with van der Waals surface area (Å²) in [5.41, 5.74) is 0.313. The Bertz CT molecular complexity index is 1690. The summed E-state index contributed by atoms with van der Waals surface area (Å²) in [7, 11) is -6.22. The highest BCUT2D eigenvalue weighted by molar-refractivity contribution is 7.92. The first kappa shape index (κ1) is 36.3. The molecule has 47 heavy (non-hydrogen) atoms. The fourth-order valence-electron chi connectivity index (χ4n) is 5.39. The molecule has 0 saturated carbocycles. The number of anilines is 1. The van der Waals surface area contributed by atoms with E-state index in [1.807, 2.05) is 13.8 Å². The van der Waals surface area contributed by atoms with Crippen molar-refractivity contribution in [2.45, 2.75) is 68.1 Å². The number of fused-ring (bicyclic) bond motifs is 1. The maximum atomic E-state index is 14.3. The highest BCUT2D eigenvalue weighted by Gasteiger charge is 2.32. The number of nitrogens with zero attached hydrogens (tertiary/aromatic N) is 2. The van der Waals surface area contributed by atoms with Gasteiger partial charge in [-0.05, 0) is 75.6 Å². The molecule has 0 radical (unpaired) electrons. The fraction of sp³-hybridized carbons (Fsp3) is 0.441. The number of ether oxygens (including phenoxy) is 2. The van der Waals surface area contributed by atoms with Crippen LogP contribution in [0.1, 0.15) is 50.4 Å². The first-order chi connectivity index (χ1) is 22.3. The molecule has 4 rings (SSSR count). The Kier molecular flexibility index (Phi) is 12.4. The molecular weight excluding hydrogens is 643 g/mol. The number of carbonyl (C=O) groups excluding carboxylic acids is 1. The lowest BCUT2D eigenvalue weighted by molar-refractivity contribution is -0.00833. The molecule has 0 bridgehead atoms. The zero-order valence-electron chi connectivity index (χ0n) is 27.3. The topological polar surface area (TPSA) is 143 Å². The van der Waals surface area contributed by atoms with E-state index in [0.29, 0.717) is 18.8 Å². The highest BCUT2D eigenvalue weighted by atomic mass is 32.2. The lowest BCUT2D eigenvalue weighted by Crippen LogP contribution is -2.48. The second kappa shape index (κ2) is 16.1. The van der Waals surface area contributed by atoms with Gasteiger partial charge in [0.15, 0.2) is 0 Å². The van der Waals surface area contributed by atoms with Gasteiger partial charge in [-0.2, -0.15) is 4.31 Å². The first-order valence-corrected chi connectivity index (χ1v) is 18.7. The van der Waals surface area contributed by atoms with E-state index in [4.69, 9.17) is 9.47 Å². The average Bonchev–Trinajstić information content (AvgIpc) is 3.06. The van der Waals surface area contributed by atoms with Crippen LogP contribution >= 0.6 is 0 Å². The summed E-state index contributed by atoms with van der Waals surface area (Å²) in [6.45, 7) is 5.73. The van der Waals surface area contributed by atoms with Gasteiger partial charge in [0.1, 0.15) is 5.75 Å². The van der Waals surface area contributed by atoms with Crippen LogP contribution in [0, 0.1) is 5.92 Å². The molecule has 11 nitrogen and oxygen atoms in total. The van der Waals surface area contributed by atoms with Crippen molar-refractivity contribution >= 4 is 31.6 Å². The molecular formula is C34H45N3O8S2. The van der Waals surface area contributed by atoms with Crippen LogP contribution in [0.25, 0.3) is 0 Å². The third-order valence-electron chi connectivity index (χ3n) is 8.25. The summed E-state index contributed by atoms with van der Waals surface area (Å²) < 4.78 is 69.2. The van der Waals surface area contributed by atoms with Crippen molar-refractivity contribution in [3.63, 3.8) is 0 Å². The van der Waals surface area contributed by atoms with Crippen molar-refractivity contribution in [2.75, 3.05) is 38.1 Å². The summed E-state index contributed by atoms with van der Waals surface area (Å²) in [4.78, 5) is 16.1. The van der Waals surface area contributed by atoms with Crippen molar-refractivity contribution in [1.29, 1.82) is 0 Å². The molecule has 1 aliphatic heterocycles. The number of amides is 1. The summed E-state index contributed by atoms with van der Waals surface area (Å²) in [5, 5.41) is 10.2. The van der Waals surface area contributed by atoms with Crippen LogP contribution < -0.4 is 9.46 Å². The normalized spacial score (nSPS) is 20.9. The molecule has 13 heteroatoms. The van der Waals surface area contributed by atoms with Gasteiger partial charge in [0.25, 0.3) is 15.9 Å². The Balaban J connectivity index is 1.68. The molecule has 0 spiro atoms. The second-order valence-corrected chi connectivity index (χ2v) is 15.8. The number of aliphatic hydroxyl groups is 1. The maximum absolute atomic E-state index is 14.3. The van der Waals surface area contributed by atoms with Crippen molar-refractivity contribution in [1.82, 2.24) is 9.21 Å². The standard InChI is InChI=1S/C34H45N3O8S2/c1-25-22-37(26(2)24-38)34(39)31-21-28(35-46(40,41)29-14-7-5-8-15-29)18-19-32(31)45-27(3)13-11-12-20-44-33(25)23-36(4)47(42,43)30-16-9-6-10-17-30/h5-10,14-19,21,25-27,33,35,38H,11-13,20,22-24H2,1-4H3/t25-,26-,27-,33-/m0/s1. The molecule has 0 aromatic heterocycles. The van der Waals surface area contributed by atoms with Gasteiger partial charge in [-0.3, -0.25) is 9.52 Å². The summed E-state index contributed by atoms with van der Waals surface area (Å²) >= 11 is 0. The number of rotatable bonds is 9. The predicted molar refractivity (Wildman–Crippen MR) is 180 cm³/mol. The van der Waals surface area contributed by atoms with Crippen LogP contribution in [0.15, 0.2) is 88.7 Å². The lowest BCUT2D eigenvalue weighted by Gasteiger charge is -2.35. The van der Waals surface area contributed by atoms with Gasteiger partial charge in [0, 0.05) is 38.3 Å². The number of aliphatic hydroxyl groups excluding tert-OH is 1. The summed E-state index contributed by atoms with van der Waals surface area (Å²) in [5.74, 6) is -0.527. The minimum atomic E-state index is -3.94. The zero-order chi connectivity index (χ0) is 34.2. The third-order valence-corrected chi connectivity index (χ3v) is 11.5. The number of sulfonamides is 2. The van der Waals surface area contributed by atoms with Crippen LogP contribution in [-0.2, 0) is 24.8 Å². The van der Waals surface area contributed by atoms with E-state index in [9.17, 15) is 26.7 Å². The average molecular weight is 688 g/mol. The van der Waals surface area contributed by atoms with Gasteiger partial charge in [-0.15, -0.1) is 0 Å². The molecule has 3 aromatic rings. The van der Waals surface area contributed by atoms with Crippen molar-refractivity contribution < 1.29 is 36.2 Å². The Morgan fingerprint density at radius 1 is 0.957 bits per heavy atom. The third kappa shape index (κ3) is 9.32. The molecule has 0 saturated heterocycles. The number of carbonyl (C=O) groups is 1. The number of hydrogen-bond donors (Lipinski definition) is 2. The Morgan fingerprint density at radius 2 is 1.60 bits per heavy atom. The largest absolute Gasteiger partial charge is 0.490 e. The molecule has 0 aliphatic carbocycles. The van der Waals surface area contributed by atoms with Crippen LogP contribution in [0.5, 0.6) is 5.75 Å². The van der Waals surface area contributed by atoms with Crippen molar-refractivity contribution in [3.8, 4) is 5.75 Å². The summed E-state index contributed by atoms with van der Waals surface area (Å²) in [6.07, 6.45) is 1.32. The Morgan fingerprint density at radius 3 is 2.23 bits per heavy atom. The number of hydrogen-bond acceptors (Lipinski definition) is 8. The quantitative estimate of drug-likeness (QED) is 0.333. The van der Waals surface area contributed by atoms with E-state index < -0.39 is 38.1 Å². The fourth-order valence-corrected chi connectivity index (χ4v) is 7.66. The molecule has 0 unspecified atom stereocenters. The van der Waals surface area contributed by atoms with E-state index in [0.717, 1.165) is 12.8 Å². The zero-order valence-corrected chi connectivity index (χ0v) is 28.9. The van der Waals surface area contributed by atoms with Crippen LogP contribution in [-0.4, -0.2) is 88.7 Å². The van der Waals surface area contributed by atoms with Gasteiger partial charge >= 0.3 is 0 Å². The number of benzene rings is 3. The van der Waals surface area contributed by atoms with E-state index in [2.05, 4.69) is 4.72 Å². The Hall–Kier alpha value is -3.49. The SMILES string of the molecule is C[C@H]1CCCCO[C@@H](CN(C)S(=O)(=O)c2ccccc2)[C@@H](C)CN([C@@H](C)CO)C(=O)c2cc(NS(=O)(=O)c3ccccc3)ccc2O1. The van der Waals surface area contributed by atoms with Crippen molar-refractivity contribution in [2.24, 2.45) is 5.92 Å². The minimum Gasteiger partial charge on any atom is -0.490 e. The second-order valence-electron chi connectivity index (χ2n) is 12.0. The molecule has 1 aliphatic rings. The van der Waals surface area contributed by atoms with E-state index in [1.54, 1.807) is 67.6 Å². The van der Waals surface area contributed by atoms with Gasteiger partial charge < -0.3 is 19.5 Å². The maximum Gasteiger partial charge on any atom is 0.261 e. The molecule has 1 heterocycles. The van der Waals surface area contributed by atoms with E-state index in [1.165, 1.54) is 34.5 Å². The number of likely N-dealkylation sites (N-methyl/N-ethyl adjacent to an activating group) is 1. The Labute approximate surface area is 278 Å². The molecule has 256 valence electrons. The van der Waals surface area contributed by atoms with Gasteiger partial charge in [-0.1, -0.05) is 43.3 Å². The predicted octanol–water partition coefficient (Wildman–Crippen LogP) is 4.60. The van der Waals surface area contributed by atoms with Gasteiger partial charge in [0.2, 0.25) is 10.0 Å². The van der Waals surface area contributed by atoms with Gasteiger partial charge in [-0.25, -0.2) is 16.8 Å². The molecule has 3 aromatic carbocycles. The smallest absolute Gasteiger partial charge is 0.261 e. The minimum absolute atomic E-state index is 0.0510. The molecule has 1 amide bonds. The van der Waals surface area contributed by atoms with Gasteiger partial charge in [0.05, 0.1) is 40.2 Å². The monoisotopic (exact) mass is 687 g/mol. The van der Waals surface area contributed by atoms with Crippen LogP contribution in [0.4, 0.5) is 5.69 Å². The van der Waals surface area contributed by atoms with Crippen LogP contribution in [0.3, 0.4) is 0 Å². The molecule has 4 atom stereocenters. The summed E-state index contributed by atoms with van der Waals surface area (Å²) in [6, 6.07) is 20.1. The highest BCUT2D eigenvalue weighted by Crippen LogP contribution is 2.30. The number of nitrogens with one attached hydrogen (secondary N) is 1. The molecule has 2 N–H and O–H groups in total. The molecule has 0 fully saturated rings.